The molecule has 0 spiro atoms. The molecule has 0 amide bonds. The van der Waals surface area contributed by atoms with Gasteiger partial charge in [0.05, 0.1) is 12.0 Å². The molecule has 2 aromatic heterocycles. The SMILES string of the molecule is Cc1cc(CC(C)C)cc(C)c1-c1cc(-c2cc(-c3ccccc3)c3ccccc3c2)nc2c(C)coc12. The normalized spacial score (nSPS) is 11.6. The summed E-state index contributed by atoms with van der Waals surface area (Å²) in [6, 6.07) is 30.7. The van der Waals surface area contributed by atoms with Crippen LogP contribution in [0.3, 0.4) is 0 Å². The monoisotopic (exact) mass is 495 g/mol. The van der Waals surface area contributed by atoms with Gasteiger partial charge >= 0.3 is 0 Å². The molecule has 0 aliphatic rings. The second kappa shape index (κ2) is 9.61. The molecule has 0 radical (unpaired) electrons. The summed E-state index contributed by atoms with van der Waals surface area (Å²) >= 11 is 0. The number of aromatic nitrogens is 1. The molecule has 0 N–H and O–H groups in total. The smallest absolute Gasteiger partial charge is 0.160 e. The zero-order valence-electron chi connectivity index (χ0n) is 22.8. The summed E-state index contributed by atoms with van der Waals surface area (Å²) in [7, 11) is 0. The first-order chi connectivity index (χ1) is 18.4. The lowest BCUT2D eigenvalue weighted by atomic mass is 9.89. The van der Waals surface area contributed by atoms with Gasteiger partial charge in [0.2, 0.25) is 0 Å². The van der Waals surface area contributed by atoms with E-state index >= 15 is 0 Å². The summed E-state index contributed by atoms with van der Waals surface area (Å²) in [5.41, 5.74) is 13.6. The highest BCUT2D eigenvalue weighted by Gasteiger charge is 2.19. The predicted octanol–water partition coefficient (Wildman–Crippen LogP) is 10.1. The minimum Gasteiger partial charge on any atom is -0.462 e. The maximum absolute atomic E-state index is 6.13. The highest BCUT2D eigenvalue weighted by molar-refractivity contribution is 6.01. The number of hydrogen-bond acceptors (Lipinski definition) is 2. The summed E-state index contributed by atoms with van der Waals surface area (Å²) in [4.78, 5) is 5.16. The maximum Gasteiger partial charge on any atom is 0.160 e. The van der Waals surface area contributed by atoms with E-state index in [1.165, 1.54) is 44.2 Å². The van der Waals surface area contributed by atoms with Crippen molar-refractivity contribution in [2.75, 3.05) is 0 Å². The van der Waals surface area contributed by atoms with Crippen LogP contribution in [-0.4, -0.2) is 4.98 Å². The van der Waals surface area contributed by atoms with E-state index < -0.39 is 0 Å². The number of furan rings is 1. The van der Waals surface area contributed by atoms with Crippen molar-refractivity contribution in [3.8, 4) is 33.5 Å². The Morgan fingerprint density at radius 2 is 1.42 bits per heavy atom. The molecule has 188 valence electrons. The largest absolute Gasteiger partial charge is 0.462 e. The fraction of sp³-hybridized carbons (Fsp3) is 0.194. The topological polar surface area (TPSA) is 26.0 Å². The van der Waals surface area contributed by atoms with Gasteiger partial charge in [-0.05, 0) is 95.5 Å². The molecule has 0 bridgehead atoms. The van der Waals surface area contributed by atoms with E-state index in [1.807, 2.05) is 6.26 Å². The molecular formula is C36H33NO. The molecule has 6 rings (SSSR count). The Hall–Kier alpha value is -4.17. The van der Waals surface area contributed by atoms with Gasteiger partial charge in [-0.15, -0.1) is 0 Å². The van der Waals surface area contributed by atoms with Gasteiger partial charge in [0.1, 0.15) is 5.52 Å². The highest BCUT2D eigenvalue weighted by atomic mass is 16.3. The Kier molecular flexibility index (Phi) is 6.12. The second-order valence-electron chi connectivity index (χ2n) is 11.0. The van der Waals surface area contributed by atoms with Crippen molar-refractivity contribution in [2.45, 2.75) is 41.0 Å². The van der Waals surface area contributed by atoms with E-state index in [4.69, 9.17) is 9.40 Å². The summed E-state index contributed by atoms with van der Waals surface area (Å²) in [6.45, 7) is 11.1. The minimum atomic E-state index is 0.623. The fourth-order valence-corrected chi connectivity index (χ4v) is 5.84. The summed E-state index contributed by atoms with van der Waals surface area (Å²) in [6.07, 6.45) is 2.91. The van der Waals surface area contributed by atoms with Crippen LogP contribution in [0, 0.1) is 26.7 Å². The van der Waals surface area contributed by atoms with Gasteiger partial charge < -0.3 is 4.42 Å². The Bertz CT molecular complexity index is 1770. The Balaban J connectivity index is 1.60. The number of pyridine rings is 1. The van der Waals surface area contributed by atoms with Gasteiger partial charge in [0, 0.05) is 16.7 Å². The molecular weight excluding hydrogens is 462 g/mol. The molecule has 2 heterocycles. The van der Waals surface area contributed by atoms with Crippen LogP contribution in [0.15, 0.2) is 95.6 Å². The number of fused-ring (bicyclic) bond motifs is 2. The summed E-state index contributed by atoms with van der Waals surface area (Å²) in [5.74, 6) is 0.623. The number of hydrogen-bond donors (Lipinski definition) is 0. The number of nitrogens with zero attached hydrogens (tertiary/aromatic N) is 1. The third kappa shape index (κ3) is 4.31. The van der Waals surface area contributed by atoms with Gasteiger partial charge in [-0.3, -0.25) is 0 Å². The van der Waals surface area contributed by atoms with Crippen LogP contribution >= 0.6 is 0 Å². The molecule has 0 fully saturated rings. The van der Waals surface area contributed by atoms with Crippen LogP contribution in [0.5, 0.6) is 0 Å². The van der Waals surface area contributed by atoms with Gasteiger partial charge in [0.15, 0.2) is 5.58 Å². The lowest BCUT2D eigenvalue weighted by molar-refractivity contribution is 0.613. The van der Waals surface area contributed by atoms with Gasteiger partial charge in [0.25, 0.3) is 0 Å². The molecule has 0 saturated carbocycles. The van der Waals surface area contributed by atoms with Crippen molar-refractivity contribution in [2.24, 2.45) is 5.92 Å². The molecule has 0 saturated heterocycles. The van der Waals surface area contributed by atoms with Crippen molar-refractivity contribution in [3.63, 3.8) is 0 Å². The average Bonchev–Trinajstić information content (AvgIpc) is 3.28. The minimum absolute atomic E-state index is 0.623. The van der Waals surface area contributed by atoms with Crippen molar-refractivity contribution >= 4 is 21.9 Å². The first kappa shape index (κ1) is 24.2. The summed E-state index contributed by atoms with van der Waals surface area (Å²) in [5, 5.41) is 2.46. The average molecular weight is 496 g/mol. The van der Waals surface area contributed by atoms with Crippen LogP contribution in [0.25, 0.3) is 55.4 Å². The third-order valence-corrected chi connectivity index (χ3v) is 7.45. The van der Waals surface area contributed by atoms with E-state index in [-0.39, 0.29) is 0 Å². The number of rotatable bonds is 5. The van der Waals surface area contributed by atoms with Gasteiger partial charge in [-0.1, -0.05) is 80.6 Å². The quantitative estimate of drug-likeness (QED) is 0.238. The van der Waals surface area contributed by atoms with E-state index in [1.54, 1.807) is 0 Å². The van der Waals surface area contributed by atoms with Crippen LogP contribution in [0.1, 0.15) is 36.1 Å². The maximum atomic E-state index is 6.13. The Morgan fingerprint density at radius 1 is 0.711 bits per heavy atom. The summed E-state index contributed by atoms with van der Waals surface area (Å²) < 4.78 is 6.13. The molecule has 0 unspecified atom stereocenters. The zero-order valence-corrected chi connectivity index (χ0v) is 22.8. The van der Waals surface area contributed by atoms with Gasteiger partial charge in [-0.2, -0.15) is 0 Å². The first-order valence-electron chi connectivity index (χ1n) is 13.5. The lowest BCUT2D eigenvalue weighted by Gasteiger charge is -2.16. The van der Waals surface area contributed by atoms with Crippen molar-refractivity contribution in [3.05, 3.63) is 113 Å². The van der Waals surface area contributed by atoms with Crippen molar-refractivity contribution in [1.82, 2.24) is 4.98 Å². The molecule has 0 aliphatic heterocycles. The molecule has 2 heteroatoms. The number of benzene rings is 4. The standard InChI is InChI=1S/C36H33NO/c1-22(2)15-26-16-23(3)34(24(4)17-26)32-20-33(37-35-25(5)21-38-36(32)35)29-18-28-13-9-10-14-30(28)31(19-29)27-11-7-6-8-12-27/h6-14,16-22H,15H2,1-5H3. The van der Waals surface area contributed by atoms with Crippen molar-refractivity contribution < 1.29 is 4.42 Å². The molecule has 38 heavy (non-hydrogen) atoms. The molecule has 0 atom stereocenters. The second-order valence-corrected chi connectivity index (χ2v) is 11.0. The lowest BCUT2D eigenvalue weighted by Crippen LogP contribution is -1.98. The van der Waals surface area contributed by atoms with Crippen LogP contribution < -0.4 is 0 Å². The third-order valence-electron chi connectivity index (χ3n) is 7.45. The van der Waals surface area contributed by atoms with E-state index in [0.29, 0.717) is 5.92 Å². The van der Waals surface area contributed by atoms with Crippen LogP contribution in [0.4, 0.5) is 0 Å². The predicted molar refractivity (Wildman–Crippen MR) is 161 cm³/mol. The fourth-order valence-electron chi connectivity index (χ4n) is 5.84. The Morgan fingerprint density at radius 3 is 2.16 bits per heavy atom. The zero-order chi connectivity index (χ0) is 26.4. The number of aryl methyl sites for hydroxylation is 3. The first-order valence-corrected chi connectivity index (χ1v) is 13.5. The Labute approximate surface area is 225 Å². The van der Waals surface area contributed by atoms with Crippen molar-refractivity contribution in [1.29, 1.82) is 0 Å². The van der Waals surface area contributed by atoms with E-state index in [2.05, 4.69) is 120 Å². The molecule has 6 aromatic rings. The van der Waals surface area contributed by atoms with Crippen LogP contribution in [0.2, 0.25) is 0 Å². The molecule has 2 nitrogen and oxygen atoms in total. The molecule has 4 aromatic carbocycles. The molecule has 0 aliphatic carbocycles. The van der Waals surface area contributed by atoms with E-state index in [0.717, 1.165) is 39.9 Å². The van der Waals surface area contributed by atoms with Gasteiger partial charge in [-0.25, -0.2) is 4.98 Å². The van der Waals surface area contributed by atoms with E-state index in [9.17, 15) is 0 Å². The van der Waals surface area contributed by atoms with Crippen LogP contribution in [-0.2, 0) is 6.42 Å². The highest BCUT2D eigenvalue weighted by Crippen LogP contribution is 2.40.